The van der Waals surface area contributed by atoms with Gasteiger partial charge in [0.05, 0.1) is 18.0 Å². The summed E-state index contributed by atoms with van der Waals surface area (Å²) in [6.45, 7) is 1.78. The molecule has 128 valence electrons. The number of hydrogen-bond acceptors (Lipinski definition) is 4. The van der Waals surface area contributed by atoms with Crippen molar-refractivity contribution < 1.29 is 18.3 Å². The van der Waals surface area contributed by atoms with Crippen LogP contribution in [0.5, 0.6) is 0 Å². The van der Waals surface area contributed by atoms with Gasteiger partial charge < -0.3 is 5.11 Å². The predicted octanol–water partition coefficient (Wildman–Crippen LogP) is 1.12. The number of hydrogen-bond donors (Lipinski definition) is 2. The van der Waals surface area contributed by atoms with Crippen molar-refractivity contribution in [1.29, 1.82) is 0 Å². The molecular weight excluding hydrogens is 330 g/mol. The molecule has 3 atom stereocenters. The summed E-state index contributed by atoms with van der Waals surface area (Å²) in [7, 11) is -3.71. The topological polar surface area (TPSA) is 101 Å². The quantitative estimate of drug-likeness (QED) is 0.780. The SMILES string of the molecule is Cc1cnn(CC(NS(=O)(=O)[C@@H]2C[C@H]2c2ccccc2)C(=O)O)c1. The molecule has 0 spiro atoms. The van der Waals surface area contributed by atoms with Crippen LogP contribution >= 0.6 is 0 Å². The molecular formula is C16H19N3O4S. The van der Waals surface area contributed by atoms with Gasteiger partial charge in [0.1, 0.15) is 6.04 Å². The zero-order chi connectivity index (χ0) is 17.3. The van der Waals surface area contributed by atoms with Gasteiger partial charge in [0.2, 0.25) is 10.0 Å². The van der Waals surface area contributed by atoms with Gasteiger partial charge in [0.25, 0.3) is 0 Å². The Labute approximate surface area is 140 Å². The number of aromatic nitrogens is 2. The molecule has 1 aromatic carbocycles. The third-order valence-corrected chi connectivity index (χ3v) is 6.03. The van der Waals surface area contributed by atoms with Gasteiger partial charge in [-0.2, -0.15) is 9.82 Å². The van der Waals surface area contributed by atoms with Gasteiger partial charge >= 0.3 is 5.97 Å². The minimum absolute atomic E-state index is 0.0505. The van der Waals surface area contributed by atoms with Gasteiger partial charge in [-0.3, -0.25) is 9.48 Å². The van der Waals surface area contributed by atoms with Gasteiger partial charge in [-0.25, -0.2) is 8.42 Å². The van der Waals surface area contributed by atoms with Gasteiger partial charge in [-0.15, -0.1) is 0 Å². The Morgan fingerprint density at radius 3 is 2.71 bits per heavy atom. The maximum atomic E-state index is 12.5. The molecule has 2 N–H and O–H groups in total. The molecule has 0 radical (unpaired) electrons. The van der Waals surface area contributed by atoms with Crippen LogP contribution in [0.4, 0.5) is 0 Å². The van der Waals surface area contributed by atoms with E-state index in [2.05, 4.69) is 9.82 Å². The fourth-order valence-electron chi connectivity index (χ4n) is 2.77. The number of benzene rings is 1. The highest BCUT2D eigenvalue weighted by atomic mass is 32.2. The number of nitrogens with zero attached hydrogens (tertiary/aromatic N) is 2. The lowest BCUT2D eigenvalue weighted by Gasteiger charge is -2.15. The molecule has 0 aliphatic heterocycles. The monoisotopic (exact) mass is 349 g/mol. The summed E-state index contributed by atoms with van der Waals surface area (Å²) in [6.07, 6.45) is 3.78. The maximum absolute atomic E-state index is 12.5. The van der Waals surface area contributed by atoms with E-state index in [-0.39, 0.29) is 12.5 Å². The highest BCUT2D eigenvalue weighted by Gasteiger charge is 2.49. The summed E-state index contributed by atoms with van der Waals surface area (Å²) in [5, 5.41) is 12.7. The highest BCUT2D eigenvalue weighted by Crippen LogP contribution is 2.45. The average molecular weight is 349 g/mol. The second kappa shape index (κ2) is 6.37. The number of nitrogens with one attached hydrogen (secondary N) is 1. The first kappa shape index (κ1) is 16.7. The van der Waals surface area contributed by atoms with Crippen molar-refractivity contribution in [1.82, 2.24) is 14.5 Å². The molecule has 1 fully saturated rings. The molecule has 1 aliphatic rings. The summed E-state index contributed by atoms with van der Waals surface area (Å²) in [4.78, 5) is 11.4. The van der Waals surface area contributed by atoms with Crippen LogP contribution in [0.2, 0.25) is 0 Å². The van der Waals surface area contributed by atoms with Crippen LogP contribution in [0.25, 0.3) is 0 Å². The van der Waals surface area contributed by atoms with E-state index in [1.165, 1.54) is 4.68 Å². The Balaban J connectivity index is 1.69. The van der Waals surface area contributed by atoms with Crippen LogP contribution in [-0.4, -0.2) is 40.6 Å². The number of carboxylic acids is 1. The number of aryl methyl sites for hydroxylation is 1. The van der Waals surface area contributed by atoms with E-state index < -0.39 is 27.3 Å². The van der Waals surface area contributed by atoms with E-state index in [9.17, 15) is 18.3 Å². The van der Waals surface area contributed by atoms with Gasteiger partial charge in [-0.1, -0.05) is 30.3 Å². The third kappa shape index (κ3) is 3.65. The zero-order valence-corrected chi connectivity index (χ0v) is 14.0. The minimum Gasteiger partial charge on any atom is -0.480 e. The lowest BCUT2D eigenvalue weighted by molar-refractivity contribution is -0.139. The first-order valence-corrected chi connectivity index (χ1v) is 9.19. The summed E-state index contributed by atoms with van der Waals surface area (Å²) in [5.41, 5.74) is 1.84. The Morgan fingerprint density at radius 1 is 1.42 bits per heavy atom. The number of sulfonamides is 1. The zero-order valence-electron chi connectivity index (χ0n) is 13.2. The highest BCUT2D eigenvalue weighted by molar-refractivity contribution is 7.90. The van der Waals surface area contributed by atoms with E-state index in [0.717, 1.165) is 11.1 Å². The van der Waals surface area contributed by atoms with Crippen molar-refractivity contribution >= 4 is 16.0 Å². The van der Waals surface area contributed by atoms with Crippen LogP contribution in [0.3, 0.4) is 0 Å². The summed E-state index contributed by atoms with van der Waals surface area (Å²) < 4.78 is 28.7. The molecule has 1 saturated carbocycles. The van der Waals surface area contributed by atoms with Crippen molar-refractivity contribution in [3.63, 3.8) is 0 Å². The van der Waals surface area contributed by atoms with Crippen molar-refractivity contribution in [3.05, 3.63) is 53.9 Å². The molecule has 1 heterocycles. The van der Waals surface area contributed by atoms with Crippen LogP contribution in [0.15, 0.2) is 42.7 Å². The fourth-order valence-corrected chi connectivity index (χ4v) is 4.57. The fraction of sp³-hybridized carbons (Fsp3) is 0.375. The third-order valence-electron chi connectivity index (χ3n) is 4.09. The Morgan fingerprint density at radius 2 is 2.12 bits per heavy atom. The van der Waals surface area contributed by atoms with E-state index in [4.69, 9.17) is 0 Å². The number of carbonyl (C=O) groups is 1. The molecule has 1 aliphatic carbocycles. The van der Waals surface area contributed by atoms with Crippen LogP contribution in [0.1, 0.15) is 23.5 Å². The van der Waals surface area contributed by atoms with E-state index in [1.54, 1.807) is 12.4 Å². The Bertz CT molecular complexity index is 832. The number of carboxylic acid groups (broad SMARTS) is 1. The second-order valence-electron chi connectivity index (χ2n) is 6.08. The van der Waals surface area contributed by atoms with E-state index >= 15 is 0 Å². The molecule has 0 bridgehead atoms. The molecule has 24 heavy (non-hydrogen) atoms. The summed E-state index contributed by atoms with van der Waals surface area (Å²) >= 11 is 0. The Hall–Kier alpha value is -2.19. The van der Waals surface area contributed by atoms with Crippen molar-refractivity contribution in [2.75, 3.05) is 0 Å². The Kier molecular flexibility index (Phi) is 4.42. The van der Waals surface area contributed by atoms with Gasteiger partial charge in [0.15, 0.2) is 0 Å². The number of rotatable bonds is 7. The van der Waals surface area contributed by atoms with Gasteiger partial charge in [-0.05, 0) is 24.5 Å². The van der Waals surface area contributed by atoms with E-state index in [1.807, 2.05) is 37.3 Å². The largest absolute Gasteiger partial charge is 0.480 e. The van der Waals surface area contributed by atoms with E-state index in [0.29, 0.717) is 6.42 Å². The molecule has 3 rings (SSSR count). The van der Waals surface area contributed by atoms with Crippen molar-refractivity contribution in [2.45, 2.75) is 37.1 Å². The lowest BCUT2D eigenvalue weighted by Crippen LogP contribution is -2.45. The van der Waals surface area contributed by atoms with Crippen LogP contribution < -0.4 is 4.72 Å². The molecule has 0 saturated heterocycles. The molecule has 0 amide bonds. The van der Waals surface area contributed by atoms with Crippen LogP contribution in [-0.2, 0) is 21.4 Å². The molecule has 7 nitrogen and oxygen atoms in total. The lowest BCUT2D eigenvalue weighted by atomic mass is 10.1. The van der Waals surface area contributed by atoms with Crippen LogP contribution in [0, 0.1) is 6.92 Å². The predicted molar refractivity (Wildman–Crippen MR) is 88.0 cm³/mol. The number of aliphatic carboxylic acids is 1. The molecule has 8 heteroatoms. The van der Waals surface area contributed by atoms with Gasteiger partial charge in [0, 0.05) is 12.1 Å². The van der Waals surface area contributed by atoms with Crippen molar-refractivity contribution in [3.8, 4) is 0 Å². The summed E-state index contributed by atoms with van der Waals surface area (Å²) in [6, 6.07) is 8.14. The maximum Gasteiger partial charge on any atom is 0.323 e. The smallest absolute Gasteiger partial charge is 0.323 e. The minimum atomic E-state index is -3.71. The molecule has 1 unspecified atom stereocenters. The van der Waals surface area contributed by atoms with Crippen molar-refractivity contribution in [2.24, 2.45) is 0 Å². The molecule has 2 aromatic rings. The first-order chi connectivity index (χ1) is 11.4. The first-order valence-electron chi connectivity index (χ1n) is 7.65. The standard InChI is InChI=1S/C16H19N3O4S/c1-11-8-17-19(9-11)10-14(16(20)21)18-24(22,23)15-7-13(15)12-5-3-2-4-6-12/h2-6,8-9,13-15,18H,7,10H2,1H3,(H,20,21)/t13-,14?,15+/m0/s1. The summed E-state index contributed by atoms with van der Waals surface area (Å²) in [5.74, 6) is -1.30. The molecule has 1 aromatic heterocycles. The average Bonchev–Trinajstić information content (AvgIpc) is 3.26. The second-order valence-corrected chi connectivity index (χ2v) is 8.02. The normalized spacial score (nSPS) is 21.4.